The Bertz CT molecular complexity index is 469. The molecule has 1 unspecified atom stereocenters. The topological polar surface area (TPSA) is 41.6 Å². The van der Waals surface area contributed by atoms with Crippen molar-refractivity contribution in [3.63, 3.8) is 0 Å². The van der Waals surface area contributed by atoms with Gasteiger partial charge in [-0.1, -0.05) is 24.3 Å². The zero-order valence-electron chi connectivity index (χ0n) is 11.3. The Labute approximate surface area is 113 Å². The first kappa shape index (κ1) is 12.6. The Hall–Kier alpha value is -1.39. The van der Waals surface area contributed by atoms with Crippen molar-refractivity contribution in [2.24, 2.45) is 0 Å². The normalized spacial score (nSPS) is 25.9. The number of carbonyl (C=O) groups excluding carboxylic acids is 1. The van der Waals surface area contributed by atoms with E-state index in [0.29, 0.717) is 6.61 Å². The van der Waals surface area contributed by atoms with E-state index in [1.165, 1.54) is 11.1 Å². The average Bonchev–Trinajstić information content (AvgIpc) is 2.99. The molecule has 0 aliphatic carbocycles. The number of benzene rings is 1. The molecule has 3 rings (SSSR count). The Kier molecular flexibility index (Phi) is 3.53. The predicted octanol–water partition coefficient (Wildman–Crippen LogP) is 0.948. The summed E-state index contributed by atoms with van der Waals surface area (Å²) in [6.45, 7) is 2.22. The molecule has 1 saturated heterocycles. The Morgan fingerprint density at radius 2 is 2.16 bits per heavy atom. The van der Waals surface area contributed by atoms with Crippen molar-refractivity contribution in [2.45, 2.75) is 31.5 Å². The molecular weight excluding hydrogens is 240 g/mol. The molecule has 2 aliphatic heterocycles. The highest BCUT2D eigenvalue weighted by molar-refractivity contribution is 5.82. The zero-order chi connectivity index (χ0) is 13.2. The molecule has 0 aromatic heterocycles. The van der Waals surface area contributed by atoms with E-state index in [9.17, 15) is 4.79 Å². The van der Waals surface area contributed by atoms with Crippen LogP contribution in [0, 0.1) is 0 Å². The van der Waals surface area contributed by atoms with Crippen LogP contribution >= 0.6 is 0 Å². The second-order valence-electron chi connectivity index (χ2n) is 5.37. The minimum Gasteiger partial charge on any atom is -0.379 e. The van der Waals surface area contributed by atoms with Gasteiger partial charge in [-0.25, -0.2) is 0 Å². The van der Waals surface area contributed by atoms with Crippen LogP contribution in [0.1, 0.15) is 17.5 Å². The van der Waals surface area contributed by atoms with Gasteiger partial charge in [0.15, 0.2) is 0 Å². The van der Waals surface area contributed by atoms with Crippen molar-refractivity contribution >= 4 is 5.91 Å². The summed E-state index contributed by atoms with van der Waals surface area (Å²) < 4.78 is 5.36. The second kappa shape index (κ2) is 5.31. The monoisotopic (exact) mass is 260 g/mol. The molecule has 1 aromatic carbocycles. The van der Waals surface area contributed by atoms with Crippen molar-refractivity contribution in [3.8, 4) is 0 Å². The van der Waals surface area contributed by atoms with E-state index < -0.39 is 0 Å². The van der Waals surface area contributed by atoms with Crippen LogP contribution in [0.2, 0.25) is 0 Å². The number of nitrogens with one attached hydrogen (secondary N) is 1. The van der Waals surface area contributed by atoms with Gasteiger partial charge in [0.2, 0.25) is 5.91 Å². The van der Waals surface area contributed by atoms with E-state index in [4.69, 9.17) is 4.74 Å². The zero-order valence-corrected chi connectivity index (χ0v) is 11.3. The molecule has 2 atom stereocenters. The lowest BCUT2D eigenvalue weighted by Gasteiger charge is -2.31. The molecule has 4 nitrogen and oxygen atoms in total. The van der Waals surface area contributed by atoms with Crippen LogP contribution in [0.4, 0.5) is 0 Å². The molecule has 1 amide bonds. The molecule has 1 aromatic rings. The summed E-state index contributed by atoms with van der Waals surface area (Å²) in [7, 11) is 1.89. The van der Waals surface area contributed by atoms with Crippen LogP contribution < -0.4 is 5.32 Å². The average molecular weight is 260 g/mol. The first-order valence-corrected chi connectivity index (χ1v) is 6.90. The third kappa shape index (κ3) is 2.51. The Balaban J connectivity index is 1.68. The van der Waals surface area contributed by atoms with Crippen molar-refractivity contribution < 1.29 is 9.53 Å². The van der Waals surface area contributed by atoms with E-state index in [1.807, 2.05) is 24.1 Å². The number of nitrogens with zero attached hydrogens (tertiary/aromatic N) is 1. The highest BCUT2D eigenvalue weighted by Crippen LogP contribution is 2.19. The van der Waals surface area contributed by atoms with Gasteiger partial charge in [0.1, 0.15) is 0 Å². The Morgan fingerprint density at radius 1 is 1.37 bits per heavy atom. The molecule has 102 valence electrons. The largest absolute Gasteiger partial charge is 0.379 e. The quantitative estimate of drug-likeness (QED) is 0.861. The van der Waals surface area contributed by atoms with Crippen LogP contribution in [-0.2, 0) is 22.5 Å². The third-order valence-electron chi connectivity index (χ3n) is 4.18. The molecule has 0 radical (unpaired) electrons. The van der Waals surface area contributed by atoms with Gasteiger partial charge in [0.05, 0.1) is 18.7 Å². The summed E-state index contributed by atoms with van der Waals surface area (Å²) in [5, 5.41) is 3.35. The maximum absolute atomic E-state index is 12.5. The lowest BCUT2D eigenvalue weighted by molar-refractivity contribution is -0.134. The van der Waals surface area contributed by atoms with Gasteiger partial charge in [0.25, 0.3) is 0 Å². The number of hydrogen-bond acceptors (Lipinski definition) is 3. The SMILES string of the molecule is CN(C(=O)[C@H]1Cc2ccccc2CN1)C1CCOC1. The van der Waals surface area contributed by atoms with E-state index in [-0.39, 0.29) is 18.0 Å². The predicted molar refractivity (Wildman–Crippen MR) is 72.8 cm³/mol. The smallest absolute Gasteiger partial charge is 0.240 e. The third-order valence-corrected chi connectivity index (χ3v) is 4.18. The number of ether oxygens (including phenoxy) is 1. The number of carbonyl (C=O) groups is 1. The Morgan fingerprint density at radius 3 is 2.89 bits per heavy atom. The summed E-state index contributed by atoms with van der Waals surface area (Å²) in [6.07, 6.45) is 1.73. The highest BCUT2D eigenvalue weighted by atomic mass is 16.5. The minimum absolute atomic E-state index is 0.0968. The molecule has 0 spiro atoms. The summed E-state index contributed by atoms with van der Waals surface area (Å²) in [5.74, 6) is 0.185. The standard InChI is InChI=1S/C15H20N2O2/c1-17(13-6-7-19-10-13)15(18)14-8-11-4-2-3-5-12(11)9-16-14/h2-5,13-14,16H,6-10H2,1H3/t13?,14-/m1/s1. The van der Waals surface area contributed by atoms with Crippen molar-refractivity contribution in [1.82, 2.24) is 10.2 Å². The van der Waals surface area contributed by atoms with Crippen molar-refractivity contribution in [1.29, 1.82) is 0 Å². The lowest BCUT2D eigenvalue weighted by Crippen LogP contribution is -2.51. The molecule has 1 N–H and O–H groups in total. The van der Waals surface area contributed by atoms with Crippen LogP contribution in [0.3, 0.4) is 0 Å². The van der Waals surface area contributed by atoms with Gasteiger partial charge in [-0.2, -0.15) is 0 Å². The molecule has 2 heterocycles. The number of likely N-dealkylation sites (N-methyl/N-ethyl adjacent to an activating group) is 1. The van der Waals surface area contributed by atoms with Gasteiger partial charge in [-0.3, -0.25) is 4.79 Å². The van der Waals surface area contributed by atoms with Crippen molar-refractivity contribution in [2.75, 3.05) is 20.3 Å². The van der Waals surface area contributed by atoms with Crippen LogP contribution in [-0.4, -0.2) is 43.2 Å². The molecule has 19 heavy (non-hydrogen) atoms. The van der Waals surface area contributed by atoms with Gasteiger partial charge in [-0.05, 0) is 24.0 Å². The summed E-state index contributed by atoms with van der Waals surface area (Å²) in [6, 6.07) is 8.48. The highest BCUT2D eigenvalue weighted by Gasteiger charge is 2.31. The van der Waals surface area contributed by atoms with E-state index in [1.54, 1.807) is 0 Å². The summed E-state index contributed by atoms with van der Waals surface area (Å²) >= 11 is 0. The van der Waals surface area contributed by atoms with Crippen LogP contribution in [0.25, 0.3) is 0 Å². The fourth-order valence-electron chi connectivity index (χ4n) is 2.88. The number of fused-ring (bicyclic) bond motifs is 1. The molecule has 0 bridgehead atoms. The second-order valence-corrected chi connectivity index (χ2v) is 5.37. The molecular formula is C15H20N2O2. The van der Waals surface area contributed by atoms with Gasteiger partial charge >= 0.3 is 0 Å². The van der Waals surface area contributed by atoms with Crippen LogP contribution in [0.5, 0.6) is 0 Å². The molecule has 0 saturated carbocycles. The fourth-order valence-corrected chi connectivity index (χ4v) is 2.88. The number of rotatable bonds is 2. The molecule has 2 aliphatic rings. The fraction of sp³-hybridized carbons (Fsp3) is 0.533. The first-order valence-electron chi connectivity index (χ1n) is 6.90. The maximum Gasteiger partial charge on any atom is 0.240 e. The van der Waals surface area contributed by atoms with Crippen molar-refractivity contribution in [3.05, 3.63) is 35.4 Å². The molecule has 1 fully saturated rings. The molecule has 4 heteroatoms. The van der Waals surface area contributed by atoms with E-state index in [2.05, 4.69) is 17.4 Å². The number of hydrogen-bond donors (Lipinski definition) is 1. The van der Waals surface area contributed by atoms with E-state index >= 15 is 0 Å². The summed E-state index contributed by atoms with van der Waals surface area (Å²) in [4.78, 5) is 14.4. The number of amides is 1. The van der Waals surface area contributed by atoms with Gasteiger partial charge in [-0.15, -0.1) is 0 Å². The lowest BCUT2D eigenvalue weighted by atomic mass is 9.95. The van der Waals surface area contributed by atoms with Gasteiger partial charge < -0.3 is 15.0 Å². The maximum atomic E-state index is 12.5. The summed E-state index contributed by atoms with van der Waals surface area (Å²) in [5.41, 5.74) is 2.59. The van der Waals surface area contributed by atoms with Crippen LogP contribution in [0.15, 0.2) is 24.3 Å². The van der Waals surface area contributed by atoms with E-state index in [0.717, 1.165) is 26.0 Å². The minimum atomic E-state index is -0.0968. The first-order chi connectivity index (χ1) is 9.25. The van der Waals surface area contributed by atoms with Gasteiger partial charge in [0, 0.05) is 20.2 Å².